The average Bonchev–Trinajstić information content (AvgIpc) is 2.89. The third kappa shape index (κ3) is 4.46. The average molecular weight is 266 g/mol. The second-order valence-electron chi connectivity index (χ2n) is 7.63. The van der Waals surface area contributed by atoms with Gasteiger partial charge in [0.25, 0.3) is 0 Å². The van der Waals surface area contributed by atoms with E-state index in [1.165, 1.54) is 51.7 Å². The fourth-order valence-corrected chi connectivity index (χ4v) is 3.77. The van der Waals surface area contributed by atoms with Crippen molar-refractivity contribution >= 4 is 0 Å². The summed E-state index contributed by atoms with van der Waals surface area (Å²) >= 11 is 0. The van der Waals surface area contributed by atoms with Crippen LogP contribution in [0.25, 0.3) is 0 Å². The predicted molar refractivity (Wildman–Crippen MR) is 83.4 cm³/mol. The Morgan fingerprint density at radius 1 is 1.05 bits per heavy atom. The summed E-state index contributed by atoms with van der Waals surface area (Å²) in [6.45, 7) is 13.2. The SMILES string of the molecule is CC(C)CNC1CC(C(C)C)CN(C2CCCC2)C1. The molecular weight excluding hydrogens is 232 g/mol. The zero-order valence-electron chi connectivity index (χ0n) is 13.5. The van der Waals surface area contributed by atoms with Crippen molar-refractivity contribution in [1.82, 2.24) is 10.2 Å². The van der Waals surface area contributed by atoms with E-state index >= 15 is 0 Å². The van der Waals surface area contributed by atoms with Gasteiger partial charge in [0.1, 0.15) is 0 Å². The minimum atomic E-state index is 0.726. The second-order valence-corrected chi connectivity index (χ2v) is 7.63. The molecule has 2 atom stereocenters. The van der Waals surface area contributed by atoms with Gasteiger partial charge in [0.05, 0.1) is 0 Å². The minimum Gasteiger partial charge on any atom is -0.312 e. The molecule has 0 spiro atoms. The molecule has 2 nitrogen and oxygen atoms in total. The number of nitrogens with one attached hydrogen (secondary N) is 1. The highest BCUT2D eigenvalue weighted by molar-refractivity contribution is 4.89. The molecule has 1 aliphatic heterocycles. The smallest absolute Gasteiger partial charge is 0.0198 e. The lowest BCUT2D eigenvalue weighted by Gasteiger charge is -2.43. The molecule has 112 valence electrons. The Hall–Kier alpha value is -0.0800. The van der Waals surface area contributed by atoms with Crippen LogP contribution in [-0.2, 0) is 0 Å². The maximum Gasteiger partial charge on any atom is 0.0198 e. The van der Waals surface area contributed by atoms with Gasteiger partial charge in [0.15, 0.2) is 0 Å². The van der Waals surface area contributed by atoms with E-state index in [0.29, 0.717) is 0 Å². The lowest BCUT2D eigenvalue weighted by molar-refractivity contribution is 0.0791. The van der Waals surface area contributed by atoms with E-state index in [1.54, 1.807) is 0 Å². The fourth-order valence-electron chi connectivity index (χ4n) is 3.77. The van der Waals surface area contributed by atoms with Crippen molar-refractivity contribution in [3.05, 3.63) is 0 Å². The van der Waals surface area contributed by atoms with Gasteiger partial charge in [-0.15, -0.1) is 0 Å². The zero-order valence-corrected chi connectivity index (χ0v) is 13.5. The molecular formula is C17H34N2. The van der Waals surface area contributed by atoms with Gasteiger partial charge in [-0.25, -0.2) is 0 Å². The van der Waals surface area contributed by atoms with Crippen molar-refractivity contribution in [2.75, 3.05) is 19.6 Å². The monoisotopic (exact) mass is 266 g/mol. The summed E-state index contributed by atoms with van der Waals surface area (Å²) in [6.07, 6.45) is 7.19. The summed E-state index contributed by atoms with van der Waals surface area (Å²) in [4.78, 5) is 2.82. The number of piperidine rings is 1. The highest BCUT2D eigenvalue weighted by atomic mass is 15.2. The Bertz CT molecular complexity index is 256. The first-order chi connectivity index (χ1) is 9.06. The van der Waals surface area contributed by atoms with Gasteiger partial charge in [0.2, 0.25) is 0 Å². The van der Waals surface area contributed by atoms with Crippen molar-refractivity contribution in [2.24, 2.45) is 17.8 Å². The largest absolute Gasteiger partial charge is 0.312 e. The Morgan fingerprint density at radius 2 is 1.74 bits per heavy atom. The normalized spacial score (nSPS) is 30.6. The molecule has 2 unspecified atom stereocenters. The summed E-state index contributed by atoms with van der Waals surface area (Å²) < 4.78 is 0. The van der Waals surface area contributed by atoms with Crippen LogP contribution in [0.5, 0.6) is 0 Å². The quantitative estimate of drug-likeness (QED) is 0.819. The van der Waals surface area contributed by atoms with Crippen LogP contribution in [0.3, 0.4) is 0 Å². The second kappa shape index (κ2) is 7.08. The van der Waals surface area contributed by atoms with Crippen molar-refractivity contribution in [1.29, 1.82) is 0 Å². The molecule has 2 aliphatic rings. The molecule has 0 aromatic heterocycles. The van der Waals surface area contributed by atoms with E-state index in [1.807, 2.05) is 0 Å². The number of nitrogens with zero attached hydrogens (tertiary/aromatic N) is 1. The summed E-state index contributed by atoms with van der Waals surface area (Å²) in [7, 11) is 0. The highest BCUT2D eigenvalue weighted by Gasteiger charge is 2.33. The summed E-state index contributed by atoms with van der Waals surface area (Å²) in [6, 6.07) is 1.62. The third-order valence-corrected chi connectivity index (χ3v) is 5.11. The first-order valence-corrected chi connectivity index (χ1v) is 8.53. The molecule has 0 aromatic carbocycles. The standard InChI is InChI=1S/C17H34N2/c1-13(2)10-18-16-9-15(14(3)4)11-19(12-16)17-7-5-6-8-17/h13-18H,5-12H2,1-4H3. The number of hydrogen-bond acceptors (Lipinski definition) is 2. The molecule has 2 heteroatoms. The molecule has 0 aromatic rings. The molecule has 0 radical (unpaired) electrons. The molecule has 0 amide bonds. The highest BCUT2D eigenvalue weighted by Crippen LogP contribution is 2.30. The first kappa shape index (κ1) is 15.3. The van der Waals surface area contributed by atoms with E-state index in [4.69, 9.17) is 0 Å². The van der Waals surface area contributed by atoms with Gasteiger partial charge < -0.3 is 5.32 Å². The van der Waals surface area contributed by atoms with Crippen molar-refractivity contribution < 1.29 is 0 Å². The Balaban J connectivity index is 1.91. The van der Waals surface area contributed by atoms with E-state index < -0.39 is 0 Å². The van der Waals surface area contributed by atoms with Gasteiger partial charge in [-0.1, -0.05) is 40.5 Å². The maximum absolute atomic E-state index is 3.82. The lowest BCUT2D eigenvalue weighted by atomic mass is 9.84. The van der Waals surface area contributed by atoms with Crippen LogP contribution in [0.15, 0.2) is 0 Å². The summed E-state index contributed by atoms with van der Waals surface area (Å²) in [5.41, 5.74) is 0. The van der Waals surface area contributed by atoms with Crippen LogP contribution in [0.1, 0.15) is 59.8 Å². The third-order valence-electron chi connectivity index (χ3n) is 5.11. The van der Waals surface area contributed by atoms with Crippen LogP contribution in [0.2, 0.25) is 0 Å². The van der Waals surface area contributed by atoms with Gasteiger partial charge in [0, 0.05) is 25.2 Å². The van der Waals surface area contributed by atoms with E-state index in [-0.39, 0.29) is 0 Å². The number of likely N-dealkylation sites (tertiary alicyclic amines) is 1. The number of hydrogen-bond donors (Lipinski definition) is 1. The fraction of sp³-hybridized carbons (Fsp3) is 1.00. The van der Waals surface area contributed by atoms with Crippen LogP contribution < -0.4 is 5.32 Å². The van der Waals surface area contributed by atoms with E-state index in [9.17, 15) is 0 Å². The van der Waals surface area contributed by atoms with E-state index in [0.717, 1.165) is 29.8 Å². The molecule has 2 rings (SSSR count). The van der Waals surface area contributed by atoms with Crippen molar-refractivity contribution in [3.8, 4) is 0 Å². The van der Waals surface area contributed by atoms with Crippen molar-refractivity contribution in [3.63, 3.8) is 0 Å². The Labute approximate surface area is 120 Å². The van der Waals surface area contributed by atoms with E-state index in [2.05, 4.69) is 37.9 Å². The summed E-state index contributed by atoms with van der Waals surface area (Å²) in [5.74, 6) is 2.48. The van der Waals surface area contributed by atoms with Crippen LogP contribution in [0.4, 0.5) is 0 Å². The topological polar surface area (TPSA) is 15.3 Å². The van der Waals surface area contributed by atoms with Crippen LogP contribution >= 0.6 is 0 Å². The molecule has 19 heavy (non-hydrogen) atoms. The minimum absolute atomic E-state index is 0.726. The molecule has 1 saturated heterocycles. The molecule has 1 N–H and O–H groups in total. The van der Waals surface area contributed by atoms with Gasteiger partial charge >= 0.3 is 0 Å². The molecule has 1 heterocycles. The molecule has 2 fully saturated rings. The maximum atomic E-state index is 3.82. The van der Waals surface area contributed by atoms with Crippen molar-refractivity contribution in [2.45, 2.75) is 71.9 Å². The van der Waals surface area contributed by atoms with Crippen LogP contribution in [0, 0.1) is 17.8 Å². The number of rotatable bonds is 5. The molecule has 1 aliphatic carbocycles. The predicted octanol–water partition coefficient (Wildman–Crippen LogP) is 3.52. The van der Waals surface area contributed by atoms with Crippen LogP contribution in [-0.4, -0.2) is 36.6 Å². The zero-order chi connectivity index (χ0) is 13.8. The first-order valence-electron chi connectivity index (χ1n) is 8.53. The lowest BCUT2D eigenvalue weighted by Crippen LogP contribution is -2.53. The van der Waals surface area contributed by atoms with Gasteiger partial charge in [-0.3, -0.25) is 4.90 Å². The summed E-state index contributed by atoms with van der Waals surface area (Å²) in [5, 5.41) is 3.82. The van der Waals surface area contributed by atoms with Gasteiger partial charge in [-0.2, -0.15) is 0 Å². The van der Waals surface area contributed by atoms with Gasteiger partial charge in [-0.05, 0) is 43.6 Å². The molecule has 0 bridgehead atoms. The Morgan fingerprint density at radius 3 is 2.32 bits per heavy atom. The Kier molecular flexibility index (Phi) is 5.70. The molecule has 1 saturated carbocycles.